The fourth-order valence-corrected chi connectivity index (χ4v) is 1.86. The summed E-state index contributed by atoms with van der Waals surface area (Å²) < 4.78 is 2.84. The van der Waals surface area contributed by atoms with E-state index in [4.69, 9.17) is 5.73 Å². The van der Waals surface area contributed by atoms with Gasteiger partial charge < -0.3 is 10.3 Å². The first kappa shape index (κ1) is 11.0. The summed E-state index contributed by atoms with van der Waals surface area (Å²) in [4.78, 5) is 11.0. The Hall–Kier alpha value is -1.55. The van der Waals surface area contributed by atoms with Crippen molar-refractivity contribution in [2.24, 2.45) is 0 Å². The molecule has 0 amide bonds. The summed E-state index contributed by atoms with van der Waals surface area (Å²) in [6, 6.07) is 8.84. The zero-order valence-corrected chi connectivity index (χ0v) is 10.1. The number of rotatable bonds is 2. The number of hydrogen-bond donors (Lipinski definition) is 1. The van der Waals surface area contributed by atoms with E-state index in [1.807, 2.05) is 22.8 Å². The fourth-order valence-electron chi connectivity index (χ4n) is 1.47. The van der Waals surface area contributed by atoms with Gasteiger partial charge in [-0.25, -0.2) is 0 Å². The van der Waals surface area contributed by atoms with Gasteiger partial charge in [-0.15, -0.1) is 0 Å². The van der Waals surface area contributed by atoms with Gasteiger partial charge in [0.05, 0.1) is 0 Å². The topological polar surface area (TPSA) is 48.0 Å². The molecule has 0 radical (unpaired) electrons. The molecule has 1 heterocycles. The number of aromatic nitrogens is 1. The summed E-state index contributed by atoms with van der Waals surface area (Å²) in [7, 11) is 0. The van der Waals surface area contributed by atoms with Crippen LogP contribution < -0.4 is 11.2 Å². The van der Waals surface area contributed by atoms with Gasteiger partial charge in [-0.3, -0.25) is 4.79 Å². The van der Waals surface area contributed by atoms with Gasteiger partial charge in [-0.1, -0.05) is 12.1 Å². The van der Waals surface area contributed by atoms with Crippen LogP contribution in [0.3, 0.4) is 0 Å². The Morgan fingerprint density at radius 2 is 1.88 bits per heavy atom. The standard InChI is InChI=1S/C12H11BrN2O/c13-12-9(2-1-3-11(12)14)8-15-6-4-10(16)5-7-15/h1-7H,8,14H2. The lowest BCUT2D eigenvalue weighted by molar-refractivity contribution is 0.786. The van der Waals surface area contributed by atoms with E-state index in [0.29, 0.717) is 6.54 Å². The predicted molar refractivity (Wildman–Crippen MR) is 68.4 cm³/mol. The molecule has 82 valence electrons. The number of halogens is 1. The largest absolute Gasteiger partial charge is 0.398 e. The average Bonchev–Trinajstić information content (AvgIpc) is 2.28. The number of benzene rings is 1. The molecular weight excluding hydrogens is 268 g/mol. The van der Waals surface area contributed by atoms with Gasteiger partial charge >= 0.3 is 0 Å². The van der Waals surface area contributed by atoms with E-state index in [1.54, 1.807) is 24.5 Å². The lowest BCUT2D eigenvalue weighted by atomic mass is 10.2. The van der Waals surface area contributed by atoms with Gasteiger partial charge in [-0.2, -0.15) is 0 Å². The second kappa shape index (κ2) is 4.53. The van der Waals surface area contributed by atoms with Crippen molar-refractivity contribution in [2.75, 3.05) is 5.73 Å². The number of hydrogen-bond acceptors (Lipinski definition) is 2. The third-order valence-corrected chi connectivity index (χ3v) is 3.29. The van der Waals surface area contributed by atoms with Crippen LogP contribution in [-0.2, 0) is 6.54 Å². The Bertz CT molecular complexity index is 543. The van der Waals surface area contributed by atoms with E-state index in [-0.39, 0.29) is 5.43 Å². The van der Waals surface area contributed by atoms with Crippen LogP contribution in [0.25, 0.3) is 0 Å². The maximum absolute atomic E-state index is 11.0. The van der Waals surface area contributed by atoms with E-state index in [2.05, 4.69) is 15.9 Å². The third-order valence-electron chi connectivity index (χ3n) is 2.32. The SMILES string of the molecule is Nc1cccc(Cn2ccc(=O)cc2)c1Br. The summed E-state index contributed by atoms with van der Waals surface area (Å²) in [5.74, 6) is 0. The van der Waals surface area contributed by atoms with Crippen molar-refractivity contribution in [3.63, 3.8) is 0 Å². The van der Waals surface area contributed by atoms with Crippen molar-refractivity contribution in [1.29, 1.82) is 0 Å². The minimum atomic E-state index is 0.0166. The molecule has 0 saturated carbocycles. The van der Waals surface area contributed by atoms with E-state index in [0.717, 1.165) is 15.7 Å². The number of nitrogens with zero attached hydrogens (tertiary/aromatic N) is 1. The molecule has 0 unspecified atom stereocenters. The van der Waals surface area contributed by atoms with E-state index in [1.165, 1.54) is 0 Å². The Balaban J connectivity index is 2.30. The molecule has 0 saturated heterocycles. The van der Waals surface area contributed by atoms with Crippen LogP contribution in [0, 0.1) is 0 Å². The Kier molecular flexibility index (Phi) is 3.10. The van der Waals surface area contributed by atoms with Crippen molar-refractivity contribution < 1.29 is 0 Å². The van der Waals surface area contributed by atoms with E-state index in [9.17, 15) is 4.79 Å². The van der Waals surface area contributed by atoms with Crippen molar-refractivity contribution in [3.8, 4) is 0 Å². The Morgan fingerprint density at radius 3 is 2.56 bits per heavy atom. The second-order valence-electron chi connectivity index (χ2n) is 3.53. The molecule has 1 aromatic carbocycles. The molecule has 0 aliphatic carbocycles. The van der Waals surface area contributed by atoms with Crippen LogP contribution in [0.15, 0.2) is 52.0 Å². The zero-order chi connectivity index (χ0) is 11.5. The normalized spacial score (nSPS) is 10.3. The number of anilines is 1. The first-order valence-corrected chi connectivity index (χ1v) is 5.65. The monoisotopic (exact) mass is 278 g/mol. The maximum atomic E-state index is 11.0. The molecule has 2 rings (SSSR count). The minimum Gasteiger partial charge on any atom is -0.398 e. The fraction of sp³-hybridized carbons (Fsp3) is 0.0833. The molecular formula is C12H11BrN2O. The molecule has 4 heteroatoms. The number of nitrogens with two attached hydrogens (primary N) is 1. The first-order chi connectivity index (χ1) is 7.66. The van der Waals surface area contributed by atoms with Gasteiger partial charge in [0.2, 0.25) is 0 Å². The third kappa shape index (κ3) is 2.33. The lowest BCUT2D eigenvalue weighted by Gasteiger charge is -2.09. The highest BCUT2D eigenvalue weighted by molar-refractivity contribution is 9.10. The molecule has 0 bridgehead atoms. The van der Waals surface area contributed by atoms with Crippen LogP contribution in [-0.4, -0.2) is 4.57 Å². The lowest BCUT2D eigenvalue weighted by Crippen LogP contribution is -2.05. The summed E-state index contributed by atoms with van der Waals surface area (Å²) in [6.45, 7) is 0.686. The summed E-state index contributed by atoms with van der Waals surface area (Å²) in [5.41, 5.74) is 7.62. The van der Waals surface area contributed by atoms with Gasteiger partial charge in [0.15, 0.2) is 5.43 Å². The Labute approximate surface area is 102 Å². The molecule has 0 atom stereocenters. The minimum absolute atomic E-state index is 0.0166. The molecule has 0 aliphatic heterocycles. The second-order valence-corrected chi connectivity index (χ2v) is 4.32. The highest BCUT2D eigenvalue weighted by atomic mass is 79.9. The van der Waals surface area contributed by atoms with Crippen molar-refractivity contribution in [1.82, 2.24) is 4.57 Å². The maximum Gasteiger partial charge on any atom is 0.181 e. The summed E-state index contributed by atoms with van der Waals surface area (Å²) in [6.07, 6.45) is 3.52. The van der Waals surface area contributed by atoms with Crippen LogP contribution in [0.5, 0.6) is 0 Å². The first-order valence-electron chi connectivity index (χ1n) is 4.86. The zero-order valence-electron chi connectivity index (χ0n) is 8.56. The molecule has 2 aromatic rings. The average molecular weight is 279 g/mol. The predicted octanol–water partition coefficient (Wildman–Crippen LogP) is 2.24. The molecule has 0 spiro atoms. The van der Waals surface area contributed by atoms with Gasteiger partial charge in [0.25, 0.3) is 0 Å². The molecule has 1 aromatic heterocycles. The van der Waals surface area contributed by atoms with Crippen LogP contribution in [0.2, 0.25) is 0 Å². The van der Waals surface area contributed by atoms with Crippen molar-refractivity contribution in [2.45, 2.75) is 6.54 Å². The molecule has 16 heavy (non-hydrogen) atoms. The summed E-state index contributed by atoms with van der Waals surface area (Å²) >= 11 is 3.45. The van der Waals surface area contributed by atoms with Crippen LogP contribution >= 0.6 is 15.9 Å². The highest BCUT2D eigenvalue weighted by Gasteiger charge is 2.02. The highest BCUT2D eigenvalue weighted by Crippen LogP contribution is 2.24. The van der Waals surface area contributed by atoms with Gasteiger partial charge in [0, 0.05) is 41.2 Å². The smallest absolute Gasteiger partial charge is 0.181 e. The quantitative estimate of drug-likeness (QED) is 0.857. The van der Waals surface area contributed by atoms with Crippen molar-refractivity contribution >= 4 is 21.6 Å². The van der Waals surface area contributed by atoms with Crippen molar-refractivity contribution in [3.05, 3.63) is 63.0 Å². The van der Waals surface area contributed by atoms with Crippen LogP contribution in [0.4, 0.5) is 5.69 Å². The molecule has 3 nitrogen and oxygen atoms in total. The van der Waals surface area contributed by atoms with E-state index < -0.39 is 0 Å². The number of nitrogen functional groups attached to an aromatic ring is 1. The van der Waals surface area contributed by atoms with Crippen LogP contribution in [0.1, 0.15) is 5.56 Å². The summed E-state index contributed by atoms with van der Waals surface area (Å²) in [5, 5.41) is 0. The Morgan fingerprint density at radius 1 is 1.19 bits per heavy atom. The molecule has 0 fully saturated rings. The molecule has 0 aliphatic rings. The van der Waals surface area contributed by atoms with Gasteiger partial charge in [-0.05, 0) is 27.6 Å². The van der Waals surface area contributed by atoms with Gasteiger partial charge in [0.1, 0.15) is 0 Å². The van der Waals surface area contributed by atoms with E-state index >= 15 is 0 Å². The molecule has 2 N–H and O–H groups in total. The number of pyridine rings is 1.